The monoisotopic (exact) mass is 677 g/mol. The summed E-state index contributed by atoms with van der Waals surface area (Å²) >= 11 is 0. The van der Waals surface area contributed by atoms with Crippen LogP contribution >= 0.6 is 0 Å². The fourth-order valence-corrected chi connectivity index (χ4v) is 5.31. The first-order valence-corrected chi connectivity index (χ1v) is 15.6. The van der Waals surface area contributed by atoms with Gasteiger partial charge in [0.15, 0.2) is 0 Å². The molecule has 0 aliphatic carbocycles. The molecule has 0 aliphatic rings. The van der Waals surface area contributed by atoms with E-state index in [-0.39, 0.29) is 20.1 Å². The number of hydrogen-bond acceptors (Lipinski definition) is 3. The van der Waals surface area contributed by atoms with Crippen LogP contribution in [0, 0.1) is 19.1 Å². The molecular weight excluding hydrogens is 649 g/mol. The van der Waals surface area contributed by atoms with Gasteiger partial charge in [-0.05, 0) is 36.5 Å². The third-order valence-corrected chi connectivity index (χ3v) is 8.16. The number of pyridine rings is 2. The van der Waals surface area contributed by atoms with Crippen molar-refractivity contribution in [2.45, 2.75) is 26.6 Å². The van der Waals surface area contributed by atoms with E-state index in [2.05, 4.69) is 79.0 Å². The Bertz CT molecular complexity index is 1590. The summed E-state index contributed by atoms with van der Waals surface area (Å²) in [4.78, 5) is 8.72. The first-order chi connectivity index (χ1) is 17.4. The van der Waals surface area contributed by atoms with Crippen LogP contribution in [-0.2, 0) is 20.1 Å². The predicted molar refractivity (Wildman–Crippen MR) is 152 cm³/mol. The van der Waals surface area contributed by atoms with E-state index < -0.39 is 8.07 Å². The van der Waals surface area contributed by atoms with Crippen molar-refractivity contribution in [2.75, 3.05) is 0 Å². The molecule has 37 heavy (non-hydrogen) atoms. The smallest absolute Gasteiger partial charge is 0.120 e. The van der Waals surface area contributed by atoms with E-state index in [0.29, 0.717) is 0 Å². The molecule has 0 saturated heterocycles. The van der Waals surface area contributed by atoms with Crippen molar-refractivity contribution >= 4 is 35.2 Å². The van der Waals surface area contributed by atoms with Crippen molar-refractivity contribution in [1.29, 1.82) is 0 Å². The van der Waals surface area contributed by atoms with Crippen molar-refractivity contribution in [3.8, 4) is 22.5 Å². The van der Waals surface area contributed by atoms with Crippen LogP contribution in [-0.4, -0.2) is 18.0 Å². The largest absolute Gasteiger partial charge is 0.501 e. The van der Waals surface area contributed by atoms with Crippen molar-refractivity contribution in [3.63, 3.8) is 0 Å². The molecule has 3 aromatic heterocycles. The number of aromatic nitrogens is 2. The molecule has 0 fully saturated rings. The first-order valence-electron chi connectivity index (χ1n) is 12.1. The quantitative estimate of drug-likeness (QED) is 0.142. The van der Waals surface area contributed by atoms with Gasteiger partial charge >= 0.3 is 0 Å². The average molecular weight is 677 g/mol. The van der Waals surface area contributed by atoms with Gasteiger partial charge in [0.05, 0.1) is 13.7 Å². The van der Waals surface area contributed by atoms with Crippen molar-refractivity contribution in [2.24, 2.45) is 0 Å². The Hall–Kier alpha value is -3.37. The Balaban J connectivity index is 0.000000208. The maximum Gasteiger partial charge on any atom is 0.120 e. The van der Waals surface area contributed by atoms with Crippen LogP contribution in [0.3, 0.4) is 0 Å². The molecule has 3 aromatic carbocycles. The van der Waals surface area contributed by atoms with Crippen molar-refractivity contribution < 1.29 is 24.5 Å². The van der Waals surface area contributed by atoms with E-state index in [1.165, 1.54) is 16.1 Å². The third kappa shape index (κ3) is 5.96. The molecule has 187 valence electrons. The maximum atomic E-state index is 6.19. The van der Waals surface area contributed by atoms with Crippen LogP contribution < -0.4 is 5.19 Å². The van der Waals surface area contributed by atoms with Crippen LogP contribution in [0.1, 0.15) is 5.56 Å². The third-order valence-electron chi connectivity index (χ3n) is 6.12. The zero-order valence-electron chi connectivity index (χ0n) is 21.4. The number of nitrogens with zero attached hydrogens (tertiary/aromatic N) is 2. The van der Waals surface area contributed by atoms with E-state index in [9.17, 15) is 0 Å². The molecule has 0 amide bonds. The molecule has 1 radical (unpaired) electrons. The van der Waals surface area contributed by atoms with Gasteiger partial charge in [0, 0.05) is 37.9 Å². The minimum Gasteiger partial charge on any atom is -0.501 e. The minimum absolute atomic E-state index is 0. The van der Waals surface area contributed by atoms with Gasteiger partial charge in [-0.1, -0.05) is 71.7 Å². The van der Waals surface area contributed by atoms with E-state index in [0.717, 1.165) is 39.1 Å². The Morgan fingerprint density at radius 3 is 2.24 bits per heavy atom. The van der Waals surface area contributed by atoms with Gasteiger partial charge in [-0.15, -0.1) is 54.1 Å². The summed E-state index contributed by atoms with van der Waals surface area (Å²) in [6.07, 6.45) is 3.62. The molecule has 3 heterocycles. The molecule has 0 aliphatic heterocycles. The van der Waals surface area contributed by atoms with E-state index in [1.807, 2.05) is 60.8 Å². The number of benzene rings is 3. The van der Waals surface area contributed by atoms with Gasteiger partial charge in [-0.3, -0.25) is 0 Å². The van der Waals surface area contributed by atoms with Crippen molar-refractivity contribution in [1.82, 2.24) is 9.97 Å². The summed E-state index contributed by atoms with van der Waals surface area (Å²) in [6, 6.07) is 34.9. The summed E-state index contributed by atoms with van der Waals surface area (Å²) in [5, 5.41) is 3.77. The van der Waals surface area contributed by atoms with Gasteiger partial charge in [-0.25, -0.2) is 0 Å². The number of furan rings is 1. The summed E-state index contributed by atoms with van der Waals surface area (Å²) in [7, 11) is -1.36. The first kappa shape index (κ1) is 26.7. The summed E-state index contributed by atoms with van der Waals surface area (Å²) in [5.74, 6) is 0. The van der Waals surface area contributed by atoms with Gasteiger partial charge in [0.25, 0.3) is 0 Å². The molecule has 0 unspecified atom stereocenters. The van der Waals surface area contributed by atoms with Crippen LogP contribution in [0.4, 0.5) is 0 Å². The normalized spacial score (nSPS) is 11.0. The summed E-state index contributed by atoms with van der Waals surface area (Å²) in [6.45, 7) is 9.18. The Kier molecular flexibility index (Phi) is 8.18. The van der Waals surface area contributed by atoms with Crippen LogP contribution in [0.2, 0.25) is 19.6 Å². The molecule has 6 aromatic rings. The second-order valence-corrected chi connectivity index (χ2v) is 14.9. The second-order valence-electron chi connectivity index (χ2n) is 9.87. The Labute approximate surface area is 233 Å². The number of rotatable bonds is 3. The molecule has 5 heteroatoms. The van der Waals surface area contributed by atoms with Gasteiger partial charge in [0.1, 0.15) is 5.58 Å². The maximum absolute atomic E-state index is 6.19. The molecule has 0 saturated carbocycles. The molecule has 0 spiro atoms. The summed E-state index contributed by atoms with van der Waals surface area (Å²) in [5.41, 5.74) is 6.84. The topological polar surface area (TPSA) is 38.9 Å². The van der Waals surface area contributed by atoms with E-state index in [1.54, 1.807) is 6.20 Å². The molecule has 6 rings (SSSR count). The second kappa shape index (κ2) is 11.3. The van der Waals surface area contributed by atoms with Crippen LogP contribution in [0.25, 0.3) is 44.5 Å². The number of hydrogen-bond donors (Lipinski definition) is 0. The average Bonchev–Trinajstić information content (AvgIpc) is 3.28. The molecule has 0 N–H and O–H groups in total. The Morgan fingerprint density at radius 2 is 1.54 bits per heavy atom. The number of fused-ring (bicyclic) bond motifs is 3. The molecule has 0 atom stereocenters. The van der Waals surface area contributed by atoms with Gasteiger partial charge in [0.2, 0.25) is 0 Å². The van der Waals surface area contributed by atoms with E-state index >= 15 is 0 Å². The standard InChI is InChI=1S/C21H20NOSi.C11H8N.Ir/c1-14-10-11-22-19(12-14)17-7-5-6-16-18-13-15(24(2,3)4)8-9-20(18)23-21(16)17;1-2-6-10(7-3-1)11-8-4-5-9-12-11;/h5-6,8-13H,1-4H3;1-6,8-9H;/q2*-1;. The van der Waals surface area contributed by atoms with E-state index in [4.69, 9.17) is 4.42 Å². The zero-order valence-corrected chi connectivity index (χ0v) is 24.8. The fourth-order valence-electron chi connectivity index (χ4n) is 4.15. The summed E-state index contributed by atoms with van der Waals surface area (Å²) < 4.78 is 6.19. The molecule has 3 nitrogen and oxygen atoms in total. The van der Waals surface area contributed by atoms with Crippen LogP contribution in [0.15, 0.2) is 102 Å². The van der Waals surface area contributed by atoms with Crippen molar-refractivity contribution in [3.05, 3.63) is 115 Å². The predicted octanol–water partition coefficient (Wildman–Crippen LogP) is 7.85. The zero-order chi connectivity index (χ0) is 25.1. The van der Waals surface area contributed by atoms with Gasteiger partial charge < -0.3 is 14.4 Å². The molecule has 0 bridgehead atoms. The Morgan fingerprint density at radius 1 is 0.730 bits per heavy atom. The fraction of sp³-hybridized carbons (Fsp3) is 0.125. The minimum atomic E-state index is -1.36. The van der Waals surface area contributed by atoms with Gasteiger partial charge in [-0.2, -0.15) is 0 Å². The SMILES string of the molecule is Cc1ccnc(-c2[c-]ccc3c2oc2ccc([Si](C)(C)C)cc23)c1.[Ir].[c-]1ccccc1-c1ccccn1. The molecular formula is C32H28IrN2OSi-2. The number of aryl methyl sites for hydroxylation is 1. The van der Waals surface area contributed by atoms with Crippen LogP contribution in [0.5, 0.6) is 0 Å².